The Hall–Kier alpha value is -1.69. The average Bonchev–Trinajstić information content (AvgIpc) is 2.86. The molecule has 0 bridgehead atoms. The molecule has 5 nitrogen and oxygen atoms in total. The lowest BCUT2D eigenvalue weighted by atomic mass is 10.0. The molecule has 0 spiro atoms. The number of hydrogen-bond acceptors (Lipinski definition) is 3. The molecule has 1 atom stereocenters. The highest BCUT2D eigenvalue weighted by atomic mass is 79.9. The van der Waals surface area contributed by atoms with Gasteiger partial charge in [-0.2, -0.15) is 5.10 Å². The Morgan fingerprint density at radius 3 is 2.67 bits per heavy atom. The fourth-order valence-corrected chi connectivity index (χ4v) is 2.32. The summed E-state index contributed by atoms with van der Waals surface area (Å²) >= 11 is 3.47. The van der Waals surface area contributed by atoms with Crippen molar-refractivity contribution in [2.75, 3.05) is 5.33 Å². The second-order valence-electron chi connectivity index (χ2n) is 3.94. The quantitative estimate of drug-likeness (QED) is 0.484. The van der Waals surface area contributed by atoms with Crippen LogP contribution in [0.3, 0.4) is 0 Å². The zero-order valence-electron chi connectivity index (χ0n) is 9.57. The van der Waals surface area contributed by atoms with Crippen molar-refractivity contribution in [2.45, 2.75) is 12.5 Å². The predicted octanol–water partition coefficient (Wildman–Crippen LogP) is 2.97. The van der Waals surface area contributed by atoms with Gasteiger partial charge in [0.25, 0.3) is 0 Å². The van der Waals surface area contributed by atoms with Crippen LogP contribution in [0.1, 0.15) is 11.5 Å². The van der Waals surface area contributed by atoms with E-state index in [0.717, 1.165) is 5.33 Å². The number of nitro groups is 1. The van der Waals surface area contributed by atoms with E-state index in [4.69, 9.17) is 0 Å². The maximum atomic E-state index is 10.6. The molecule has 0 amide bonds. The van der Waals surface area contributed by atoms with Crippen LogP contribution in [0.2, 0.25) is 0 Å². The molecule has 1 aromatic carbocycles. The summed E-state index contributed by atoms with van der Waals surface area (Å²) in [5.41, 5.74) is 1.21. The summed E-state index contributed by atoms with van der Waals surface area (Å²) in [6.07, 6.45) is 2.73. The molecule has 6 heteroatoms. The van der Waals surface area contributed by atoms with E-state index in [1.54, 1.807) is 4.68 Å². The van der Waals surface area contributed by atoms with Crippen LogP contribution in [0.5, 0.6) is 0 Å². The monoisotopic (exact) mass is 309 g/mol. The molecule has 1 aromatic heterocycles. The predicted molar refractivity (Wildman–Crippen MR) is 71.9 cm³/mol. The first-order valence-electron chi connectivity index (χ1n) is 5.48. The van der Waals surface area contributed by atoms with E-state index in [2.05, 4.69) is 21.0 Å². The Morgan fingerprint density at radius 2 is 2.11 bits per heavy atom. The third-order valence-electron chi connectivity index (χ3n) is 2.70. The first-order chi connectivity index (χ1) is 8.70. The molecule has 2 rings (SSSR count). The second-order valence-corrected chi connectivity index (χ2v) is 4.59. The normalized spacial score (nSPS) is 12.3. The topological polar surface area (TPSA) is 61.0 Å². The lowest BCUT2D eigenvalue weighted by molar-refractivity contribution is -0.385. The van der Waals surface area contributed by atoms with E-state index in [-0.39, 0.29) is 11.6 Å². The van der Waals surface area contributed by atoms with Crippen LogP contribution in [-0.2, 0) is 6.54 Å². The molecule has 1 unspecified atom stereocenters. The van der Waals surface area contributed by atoms with Crippen LogP contribution >= 0.6 is 15.9 Å². The van der Waals surface area contributed by atoms with Crippen LogP contribution in [0.15, 0.2) is 42.7 Å². The summed E-state index contributed by atoms with van der Waals surface area (Å²) in [5.74, 6) is 0.241. The van der Waals surface area contributed by atoms with Crippen molar-refractivity contribution >= 4 is 21.6 Å². The van der Waals surface area contributed by atoms with Gasteiger partial charge in [-0.3, -0.25) is 14.8 Å². The lowest BCUT2D eigenvalue weighted by Gasteiger charge is -2.14. The second kappa shape index (κ2) is 5.77. The Balaban J connectivity index is 2.13. The van der Waals surface area contributed by atoms with Gasteiger partial charge in [0.05, 0.1) is 4.92 Å². The molecule has 0 radical (unpaired) electrons. The number of benzene rings is 1. The van der Waals surface area contributed by atoms with Crippen LogP contribution in [-0.4, -0.2) is 20.0 Å². The Morgan fingerprint density at radius 1 is 1.39 bits per heavy atom. The van der Waals surface area contributed by atoms with Gasteiger partial charge in [-0.1, -0.05) is 46.3 Å². The van der Waals surface area contributed by atoms with Gasteiger partial charge < -0.3 is 0 Å². The number of aromatic nitrogens is 2. The van der Waals surface area contributed by atoms with E-state index in [1.807, 2.05) is 30.3 Å². The average molecular weight is 310 g/mol. The minimum absolute atomic E-state index is 0.0244. The summed E-state index contributed by atoms with van der Waals surface area (Å²) in [6, 6.07) is 10.0. The molecule has 0 saturated heterocycles. The maximum Gasteiger partial charge on any atom is 0.306 e. The molecular weight excluding hydrogens is 298 g/mol. The van der Waals surface area contributed by atoms with Crippen LogP contribution in [0, 0.1) is 10.1 Å². The SMILES string of the molecule is O=[N+]([O-])c1cnn(CC(CBr)c2ccccc2)c1. The Kier molecular flexibility index (Phi) is 4.09. The third-order valence-corrected chi connectivity index (χ3v) is 3.48. The lowest BCUT2D eigenvalue weighted by Crippen LogP contribution is -2.10. The molecule has 0 fully saturated rings. The molecule has 0 saturated carbocycles. The summed E-state index contributed by atoms with van der Waals surface area (Å²) in [5, 5.41) is 15.4. The highest BCUT2D eigenvalue weighted by Crippen LogP contribution is 2.20. The molecule has 0 aliphatic heterocycles. The van der Waals surface area contributed by atoms with Crippen molar-refractivity contribution in [1.29, 1.82) is 0 Å². The van der Waals surface area contributed by atoms with Crippen molar-refractivity contribution in [2.24, 2.45) is 0 Å². The fraction of sp³-hybridized carbons (Fsp3) is 0.250. The summed E-state index contributed by atoms with van der Waals surface area (Å²) in [4.78, 5) is 10.1. The molecule has 2 aromatic rings. The maximum absolute atomic E-state index is 10.6. The number of nitrogens with zero attached hydrogens (tertiary/aromatic N) is 3. The first-order valence-corrected chi connectivity index (χ1v) is 6.60. The first kappa shape index (κ1) is 12.8. The summed E-state index contributed by atoms with van der Waals surface area (Å²) in [6.45, 7) is 0.614. The van der Waals surface area contributed by atoms with Crippen LogP contribution in [0.4, 0.5) is 5.69 Å². The van der Waals surface area contributed by atoms with Crippen molar-refractivity contribution in [3.63, 3.8) is 0 Å². The van der Waals surface area contributed by atoms with Gasteiger partial charge in [-0.25, -0.2) is 0 Å². The van der Waals surface area contributed by atoms with Crippen LogP contribution in [0.25, 0.3) is 0 Å². The molecule has 0 aliphatic carbocycles. The molecule has 0 aliphatic rings. The number of halogens is 1. The van der Waals surface area contributed by atoms with Crippen molar-refractivity contribution < 1.29 is 4.92 Å². The molecule has 18 heavy (non-hydrogen) atoms. The van der Waals surface area contributed by atoms with E-state index in [9.17, 15) is 10.1 Å². The molecule has 94 valence electrons. The van der Waals surface area contributed by atoms with E-state index < -0.39 is 4.92 Å². The van der Waals surface area contributed by atoms with Gasteiger partial charge in [0.2, 0.25) is 0 Å². The highest BCUT2D eigenvalue weighted by molar-refractivity contribution is 9.09. The van der Waals surface area contributed by atoms with Crippen molar-refractivity contribution in [3.05, 3.63) is 58.4 Å². The number of rotatable bonds is 5. The smallest absolute Gasteiger partial charge is 0.265 e. The Labute approximate surface area is 113 Å². The summed E-state index contributed by atoms with van der Waals surface area (Å²) in [7, 11) is 0. The largest absolute Gasteiger partial charge is 0.306 e. The zero-order valence-corrected chi connectivity index (χ0v) is 11.2. The van der Waals surface area contributed by atoms with Gasteiger partial charge in [0, 0.05) is 17.8 Å². The van der Waals surface area contributed by atoms with Gasteiger partial charge in [0.15, 0.2) is 0 Å². The Bertz CT molecular complexity index is 527. The van der Waals surface area contributed by atoms with E-state index in [0.29, 0.717) is 6.54 Å². The highest BCUT2D eigenvalue weighted by Gasteiger charge is 2.14. The molecule has 0 N–H and O–H groups in total. The zero-order chi connectivity index (χ0) is 13.0. The molecule has 1 heterocycles. The number of hydrogen-bond donors (Lipinski definition) is 0. The van der Waals surface area contributed by atoms with Gasteiger partial charge in [0.1, 0.15) is 12.4 Å². The molecular formula is C12H12BrN3O2. The standard InChI is InChI=1S/C12H12BrN3O2/c13-6-11(10-4-2-1-3-5-10)8-15-9-12(7-14-15)16(17)18/h1-5,7,9,11H,6,8H2. The number of alkyl halides is 1. The third kappa shape index (κ3) is 2.95. The summed E-state index contributed by atoms with van der Waals surface area (Å²) < 4.78 is 1.61. The van der Waals surface area contributed by atoms with Crippen LogP contribution < -0.4 is 0 Å². The van der Waals surface area contributed by atoms with Gasteiger partial charge in [-0.05, 0) is 5.56 Å². The minimum Gasteiger partial charge on any atom is -0.265 e. The van der Waals surface area contributed by atoms with Gasteiger partial charge in [-0.15, -0.1) is 0 Å². The van der Waals surface area contributed by atoms with E-state index in [1.165, 1.54) is 18.0 Å². The van der Waals surface area contributed by atoms with Crippen molar-refractivity contribution in [1.82, 2.24) is 9.78 Å². The van der Waals surface area contributed by atoms with Gasteiger partial charge >= 0.3 is 5.69 Å². The fourth-order valence-electron chi connectivity index (χ4n) is 1.74. The minimum atomic E-state index is -0.435. The van der Waals surface area contributed by atoms with Crippen molar-refractivity contribution in [3.8, 4) is 0 Å². The van der Waals surface area contributed by atoms with E-state index >= 15 is 0 Å².